The van der Waals surface area contributed by atoms with Gasteiger partial charge in [-0.15, -0.1) is 0 Å². The van der Waals surface area contributed by atoms with Gasteiger partial charge >= 0.3 is 13.1 Å². The molecule has 2 fully saturated rings. The Bertz CT molecular complexity index is 578. The fraction of sp³-hybridized carbons (Fsp3) is 0.611. The highest BCUT2D eigenvalue weighted by molar-refractivity contribution is 6.62. The number of rotatable bonds is 4. The van der Waals surface area contributed by atoms with E-state index in [1.807, 2.05) is 19.1 Å². The van der Waals surface area contributed by atoms with Gasteiger partial charge in [0, 0.05) is 0 Å². The van der Waals surface area contributed by atoms with Crippen molar-refractivity contribution in [3.63, 3.8) is 0 Å². The van der Waals surface area contributed by atoms with Crippen molar-refractivity contribution in [1.82, 2.24) is 0 Å². The van der Waals surface area contributed by atoms with Gasteiger partial charge in [0.1, 0.15) is 0 Å². The van der Waals surface area contributed by atoms with Gasteiger partial charge in [0.25, 0.3) is 0 Å². The summed E-state index contributed by atoms with van der Waals surface area (Å²) in [6.07, 6.45) is 0.884. The third kappa shape index (κ3) is 3.04. The molecule has 2 unspecified atom stereocenters. The first-order valence-corrected chi connectivity index (χ1v) is 8.37. The van der Waals surface area contributed by atoms with Gasteiger partial charge in [-0.2, -0.15) is 0 Å². The van der Waals surface area contributed by atoms with Crippen LogP contribution in [0, 0.1) is 5.92 Å². The lowest BCUT2D eigenvalue weighted by molar-refractivity contribution is -0.144. The van der Waals surface area contributed by atoms with Crippen LogP contribution in [0.3, 0.4) is 0 Å². The first kappa shape index (κ1) is 16.5. The second-order valence-corrected chi connectivity index (χ2v) is 7.46. The van der Waals surface area contributed by atoms with E-state index < -0.39 is 0 Å². The summed E-state index contributed by atoms with van der Waals surface area (Å²) < 4.78 is 17.2. The number of carbonyl (C=O) groups is 1. The molecule has 23 heavy (non-hydrogen) atoms. The van der Waals surface area contributed by atoms with Crippen molar-refractivity contribution < 1.29 is 18.8 Å². The molecule has 5 heteroatoms. The lowest BCUT2D eigenvalue weighted by Gasteiger charge is -2.32. The molecule has 1 aromatic rings. The number of ether oxygens (including phenoxy) is 1. The predicted molar refractivity (Wildman–Crippen MR) is 89.6 cm³/mol. The Hall–Kier alpha value is -1.33. The highest BCUT2D eigenvalue weighted by Gasteiger charge is 2.52. The van der Waals surface area contributed by atoms with Gasteiger partial charge in [-0.25, -0.2) is 0 Å². The van der Waals surface area contributed by atoms with Crippen LogP contribution in [0.5, 0.6) is 0 Å². The molecule has 4 nitrogen and oxygen atoms in total. The van der Waals surface area contributed by atoms with Crippen molar-refractivity contribution in [3.8, 4) is 0 Å². The Labute approximate surface area is 138 Å². The van der Waals surface area contributed by atoms with Crippen LogP contribution in [-0.4, -0.2) is 30.9 Å². The second-order valence-electron chi connectivity index (χ2n) is 7.46. The van der Waals surface area contributed by atoms with E-state index >= 15 is 0 Å². The molecule has 0 radical (unpaired) electrons. The zero-order valence-electron chi connectivity index (χ0n) is 14.6. The summed E-state index contributed by atoms with van der Waals surface area (Å²) in [7, 11) is -0.339. The van der Waals surface area contributed by atoms with Crippen molar-refractivity contribution >= 4 is 18.6 Å². The van der Waals surface area contributed by atoms with Crippen LogP contribution >= 0.6 is 0 Å². The van der Waals surface area contributed by atoms with E-state index in [1.54, 1.807) is 0 Å². The van der Waals surface area contributed by atoms with Gasteiger partial charge in [-0.3, -0.25) is 4.79 Å². The summed E-state index contributed by atoms with van der Waals surface area (Å²) in [6, 6.07) is 8.23. The maximum absolute atomic E-state index is 11.7. The normalized spacial score (nSPS) is 27.8. The second kappa shape index (κ2) is 5.64. The van der Waals surface area contributed by atoms with E-state index in [-0.39, 0.29) is 30.2 Å². The first-order valence-electron chi connectivity index (χ1n) is 8.37. The number of esters is 1. The van der Waals surface area contributed by atoms with E-state index in [4.69, 9.17) is 14.0 Å². The summed E-state index contributed by atoms with van der Waals surface area (Å²) >= 11 is 0. The zero-order valence-corrected chi connectivity index (χ0v) is 14.6. The van der Waals surface area contributed by atoms with Gasteiger partial charge in [-0.1, -0.05) is 24.3 Å². The van der Waals surface area contributed by atoms with Crippen molar-refractivity contribution in [2.24, 2.45) is 5.92 Å². The molecule has 1 saturated heterocycles. The van der Waals surface area contributed by atoms with Crippen LogP contribution in [0.15, 0.2) is 24.3 Å². The molecule has 0 bridgehead atoms. The molecular weight excluding hydrogens is 291 g/mol. The molecule has 2 aliphatic rings. The largest absolute Gasteiger partial charge is 0.494 e. The SMILES string of the molecule is CCOC(=O)C1CC1c1ccc(B2OC(C)(C)C(C)(C)O2)cc1. The predicted octanol–water partition coefficient (Wildman–Crippen LogP) is 2.65. The van der Waals surface area contributed by atoms with Gasteiger partial charge in [0.15, 0.2) is 0 Å². The van der Waals surface area contributed by atoms with Crippen LogP contribution in [-0.2, 0) is 18.8 Å². The Kier molecular flexibility index (Phi) is 4.05. The molecule has 1 aliphatic heterocycles. The highest BCUT2D eigenvalue weighted by atomic mass is 16.7. The molecule has 124 valence electrons. The van der Waals surface area contributed by atoms with Crippen LogP contribution in [0.4, 0.5) is 0 Å². The molecule has 0 N–H and O–H groups in total. The fourth-order valence-electron chi connectivity index (χ4n) is 2.95. The topological polar surface area (TPSA) is 44.8 Å². The molecule has 1 aromatic carbocycles. The average Bonchev–Trinajstić information content (AvgIpc) is 3.23. The lowest BCUT2D eigenvalue weighted by Crippen LogP contribution is -2.41. The molecule has 1 aliphatic carbocycles. The monoisotopic (exact) mass is 316 g/mol. The third-order valence-electron chi connectivity index (χ3n) is 5.27. The lowest BCUT2D eigenvalue weighted by atomic mass is 9.78. The van der Waals surface area contributed by atoms with Gasteiger partial charge < -0.3 is 14.0 Å². The zero-order chi connectivity index (χ0) is 16.8. The van der Waals surface area contributed by atoms with Crippen LogP contribution in [0.1, 0.15) is 52.5 Å². The maximum Gasteiger partial charge on any atom is 0.494 e. The van der Waals surface area contributed by atoms with Gasteiger partial charge in [-0.05, 0) is 58.0 Å². The Balaban J connectivity index is 1.67. The minimum atomic E-state index is -0.339. The van der Waals surface area contributed by atoms with Gasteiger partial charge in [0.2, 0.25) is 0 Å². The summed E-state index contributed by atoms with van der Waals surface area (Å²) in [6.45, 7) is 10.5. The quantitative estimate of drug-likeness (QED) is 0.633. The van der Waals surface area contributed by atoms with E-state index in [9.17, 15) is 4.79 Å². The highest BCUT2D eigenvalue weighted by Crippen LogP contribution is 2.48. The number of benzene rings is 1. The van der Waals surface area contributed by atoms with Crippen LogP contribution in [0.25, 0.3) is 0 Å². The van der Waals surface area contributed by atoms with E-state index in [2.05, 4.69) is 39.8 Å². The van der Waals surface area contributed by atoms with Crippen LogP contribution < -0.4 is 5.46 Å². The molecule has 1 saturated carbocycles. The van der Waals surface area contributed by atoms with Crippen molar-refractivity contribution in [1.29, 1.82) is 0 Å². The fourth-order valence-corrected chi connectivity index (χ4v) is 2.95. The number of hydrogen-bond donors (Lipinski definition) is 0. The van der Waals surface area contributed by atoms with E-state index in [0.717, 1.165) is 11.9 Å². The van der Waals surface area contributed by atoms with Crippen molar-refractivity contribution in [2.75, 3.05) is 6.61 Å². The Morgan fingerprint density at radius 2 is 1.74 bits per heavy atom. The van der Waals surface area contributed by atoms with Crippen LogP contribution in [0.2, 0.25) is 0 Å². The summed E-state index contributed by atoms with van der Waals surface area (Å²) in [5.74, 6) is 0.242. The minimum absolute atomic E-state index is 0.0256. The first-order chi connectivity index (χ1) is 10.7. The van der Waals surface area contributed by atoms with Crippen molar-refractivity contribution in [3.05, 3.63) is 29.8 Å². The molecule has 0 amide bonds. The Morgan fingerprint density at radius 1 is 1.17 bits per heavy atom. The molecular formula is C18H25BO4. The summed E-state index contributed by atoms with van der Waals surface area (Å²) in [5, 5.41) is 0. The van der Waals surface area contributed by atoms with Crippen molar-refractivity contribution in [2.45, 2.75) is 58.2 Å². The number of hydrogen-bond acceptors (Lipinski definition) is 4. The maximum atomic E-state index is 11.7. The van der Waals surface area contributed by atoms with E-state index in [0.29, 0.717) is 12.5 Å². The summed E-state index contributed by atoms with van der Waals surface area (Å²) in [4.78, 5) is 11.7. The average molecular weight is 316 g/mol. The smallest absolute Gasteiger partial charge is 0.466 e. The minimum Gasteiger partial charge on any atom is -0.466 e. The Morgan fingerprint density at radius 3 is 2.26 bits per heavy atom. The molecule has 3 rings (SSSR count). The van der Waals surface area contributed by atoms with E-state index in [1.165, 1.54) is 5.56 Å². The summed E-state index contributed by atoms with van der Waals surface area (Å²) in [5.41, 5.74) is 1.54. The number of carbonyl (C=O) groups excluding carboxylic acids is 1. The standard InChI is InChI=1S/C18H25BO4/c1-6-21-16(20)15-11-14(15)12-7-9-13(10-8-12)19-22-17(2,3)18(4,5)23-19/h7-10,14-15H,6,11H2,1-5H3. The molecule has 0 spiro atoms. The molecule has 1 heterocycles. The third-order valence-corrected chi connectivity index (χ3v) is 5.27. The molecule has 2 atom stereocenters. The molecule has 0 aromatic heterocycles. The van der Waals surface area contributed by atoms with Gasteiger partial charge in [0.05, 0.1) is 23.7 Å².